The normalized spacial score (nSPS) is 25.1. The number of aryl methyl sites for hydroxylation is 1. The molecule has 1 heterocycles. The van der Waals surface area contributed by atoms with Gasteiger partial charge < -0.3 is 9.73 Å². The molecule has 0 aromatic carbocycles. The minimum Gasteiger partial charge on any atom is -0.468 e. The van der Waals surface area contributed by atoms with Crippen LogP contribution in [0.2, 0.25) is 0 Å². The summed E-state index contributed by atoms with van der Waals surface area (Å²) < 4.78 is 5.35. The lowest BCUT2D eigenvalue weighted by Gasteiger charge is -2.20. The van der Waals surface area contributed by atoms with E-state index in [-0.39, 0.29) is 0 Å². The SMILES string of the molecule is CCCNC1CCCC1Sc1ccoc1C. The van der Waals surface area contributed by atoms with Crippen molar-refractivity contribution < 1.29 is 4.42 Å². The molecule has 2 unspecified atom stereocenters. The highest BCUT2D eigenvalue weighted by Crippen LogP contribution is 2.36. The summed E-state index contributed by atoms with van der Waals surface area (Å²) in [7, 11) is 0. The molecule has 0 bridgehead atoms. The van der Waals surface area contributed by atoms with Gasteiger partial charge in [0.25, 0.3) is 0 Å². The molecule has 3 heteroatoms. The molecule has 1 N–H and O–H groups in total. The van der Waals surface area contributed by atoms with Crippen molar-refractivity contribution >= 4 is 11.8 Å². The van der Waals surface area contributed by atoms with Crippen LogP contribution in [0.25, 0.3) is 0 Å². The third-order valence-corrected chi connectivity index (χ3v) is 4.74. The van der Waals surface area contributed by atoms with Gasteiger partial charge in [-0.25, -0.2) is 0 Å². The van der Waals surface area contributed by atoms with Crippen LogP contribution in [0.3, 0.4) is 0 Å². The minimum atomic E-state index is 0.694. The van der Waals surface area contributed by atoms with Gasteiger partial charge in [0.1, 0.15) is 5.76 Å². The summed E-state index contributed by atoms with van der Waals surface area (Å²) in [6.07, 6.45) is 7.03. The number of rotatable bonds is 5. The fourth-order valence-corrected chi connectivity index (χ4v) is 3.64. The van der Waals surface area contributed by atoms with Gasteiger partial charge in [-0.1, -0.05) is 13.3 Å². The molecule has 2 nitrogen and oxygen atoms in total. The average molecular weight is 239 g/mol. The lowest BCUT2D eigenvalue weighted by molar-refractivity contribution is 0.523. The van der Waals surface area contributed by atoms with E-state index in [9.17, 15) is 0 Å². The Morgan fingerprint density at radius 2 is 2.38 bits per heavy atom. The smallest absolute Gasteiger partial charge is 0.114 e. The summed E-state index contributed by atoms with van der Waals surface area (Å²) in [5.74, 6) is 1.06. The molecule has 1 aromatic heterocycles. The average Bonchev–Trinajstić information content (AvgIpc) is 2.87. The highest BCUT2D eigenvalue weighted by molar-refractivity contribution is 8.00. The molecule has 0 amide bonds. The molecule has 1 aliphatic rings. The summed E-state index contributed by atoms with van der Waals surface area (Å²) in [5.41, 5.74) is 0. The van der Waals surface area contributed by atoms with Crippen LogP contribution in [0.5, 0.6) is 0 Å². The summed E-state index contributed by atoms with van der Waals surface area (Å²) in [4.78, 5) is 1.31. The number of nitrogens with one attached hydrogen (secondary N) is 1. The second-order valence-electron chi connectivity index (χ2n) is 4.49. The van der Waals surface area contributed by atoms with Crippen LogP contribution in [-0.4, -0.2) is 17.8 Å². The largest absolute Gasteiger partial charge is 0.468 e. The van der Waals surface area contributed by atoms with Gasteiger partial charge in [-0.2, -0.15) is 0 Å². The van der Waals surface area contributed by atoms with Gasteiger partial charge in [-0.15, -0.1) is 11.8 Å². The van der Waals surface area contributed by atoms with E-state index in [0.29, 0.717) is 6.04 Å². The number of furan rings is 1. The molecule has 1 aromatic rings. The summed E-state index contributed by atoms with van der Waals surface area (Å²) in [6, 6.07) is 2.79. The lowest BCUT2D eigenvalue weighted by Crippen LogP contribution is -2.34. The van der Waals surface area contributed by atoms with Crippen LogP contribution in [-0.2, 0) is 0 Å². The summed E-state index contributed by atoms with van der Waals surface area (Å²) in [5, 5.41) is 4.39. The monoisotopic (exact) mass is 239 g/mol. The first-order valence-electron chi connectivity index (χ1n) is 6.25. The van der Waals surface area contributed by atoms with Gasteiger partial charge in [0.05, 0.1) is 6.26 Å². The van der Waals surface area contributed by atoms with Crippen molar-refractivity contribution in [2.45, 2.75) is 55.7 Å². The molecule has 1 fully saturated rings. The maximum absolute atomic E-state index is 5.35. The topological polar surface area (TPSA) is 25.2 Å². The molecule has 0 saturated heterocycles. The Morgan fingerprint density at radius 1 is 1.50 bits per heavy atom. The van der Waals surface area contributed by atoms with E-state index in [0.717, 1.165) is 17.6 Å². The van der Waals surface area contributed by atoms with Crippen LogP contribution in [0.1, 0.15) is 38.4 Å². The Balaban J connectivity index is 1.91. The standard InChI is InChI=1S/C13H21NOS/c1-3-8-14-11-5-4-6-13(11)16-12-7-9-15-10(12)2/h7,9,11,13-14H,3-6,8H2,1-2H3. The van der Waals surface area contributed by atoms with Crippen molar-refractivity contribution in [1.29, 1.82) is 0 Å². The van der Waals surface area contributed by atoms with E-state index in [2.05, 4.69) is 18.3 Å². The molecular formula is C13H21NOS. The minimum absolute atomic E-state index is 0.694. The quantitative estimate of drug-likeness (QED) is 0.850. The van der Waals surface area contributed by atoms with E-state index in [1.54, 1.807) is 6.26 Å². The van der Waals surface area contributed by atoms with Gasteiger partial charge in [0, 0.05) is 16.2 Å². The number of hydrogen-bond donors (Lipinski definition) is 1. The third-order valence-electron chi connectivity index (χ3n) is 3.20. The van der Waals surface area contributed by atoms with Crippen LogP contribution in [0.4, 0.5) is 0 Å². The zero-order valence-corrected chi connectivity index (χ0v) is 11.0. The van der Waals surface area contributed by atoms with Crippen molar-refractivity contribution in [3.05, 3.63) is 18.1 Å². The van der Waals surface area contributed by atoms with Crippen molar-refractivity contribution in [1.82, 2.24) is 5.32 Å². The van der Waals surface area contributed by atoms with Gasteiger partial charge in [0.15, 0.2) is 0 Å². The maximum atomic E-state index is 5.35. The number of hydrogen-bond acceptors (Lipinski definition) is 3. The Morgan fingerprint density at radius 3 is 3.06 bits per heavy atom. The molecule has 0 aliphatic heterocycles. The summed E-state index contributed by atoms with van der Waals surface area (Å²) >= 11 is 1.99. The van der Waals surface area contributed by atoms with E-state index in [1.165, 1.54) is 30.6 Å². The molecule has 90 valence electrons. The van der Waals surface area contributed by atoms with E-state index >= 15 is 0 Å². The predicted molar refractivity (Wildman–Crippen MR) is 69.0 cm³/mol. The third kappa shape index (κ3) is 2.83. The van der Waals surface area contributed by atoms with Crippen molar-refractivity contribution in [3.8, 4) is 0 Å². The molecule has 0 radical (unpaired) electrons. The van der Waals surface area contributed by atoms with Crippen LogP contribution in [0.15, 0.2) is 21.6 Å². The Kier molecular flexibility index (Phi) is 4.36. The second kappa shape index (κ2) is 5.78. The molecule has 2 atom stereocenters. The van der Waals surface area contributed by atoms with Crippen molar-refractivity contribution in [3.63, 3.8) is 0 Å². The molecule has 1 saturated carbocycles. The van der Waals surface area contributed by atoms with Crippen molar-refractivity contribution in [2.24, 2.45) is 0 Å². The summed E-state index contributed by atoms with van der Waals surface area (Å²) in [6.45, 7) is 5.42. The van der Waals surface area contributed by atoms with E-state index < -0.39 is 0 Å². The second-order valence-corrected chi connectivity index (χ2v) is 5.77. The molecular weight excluding hydrogens is 218 g/mol. The highest BCUT2D eigenvalue weighted by Gasteiger charge is 2.28. The predicted octanol–water partition coefficient (Wildman–Crippen LogP) is 3.60. The van der Waals surface area contributed by atoms with Gasteiger partial charge in [-0.3, -0.25) is 0 Å². The van der Waals surface area contributed by atoms with Gasteiger partial charge in [0.2, 0.25) is 0 Å². The first-order chi connectivity index (χ1) is 7.81. The maximum Gasteiger partial charge on any atom is 0.114 e. The Hall–Kier alpha value is -0.410. The van der Waals surface area contributed by atoms with Crippen molar-refractivity contribution in [2.75, 3.05) is 6.54 Å². The van der Waals surface area contributed by atoms with Gasteiger partial charge >= 0.3 is 0 Å². The lowest BCUT2D eigenvalue weighted by atomic mass is 10.2. The fraction of sp³-hybridized carbons (Fsp3) is 0.692. The first kappa shape index (κ1) is 12.1. The Bertz CT molecular complexity index is 323. The van der Waals surface area contributed by atoms with Crippen LogP contribution in [0, 0.1) is 6.92 Å². The number of thioether (sulfide) groups is 1. The van der Waals surface area contributed by atoms with E-state index in [1.807, 2.05) is 18.7 Å². The molecule has 1 aliphatic carbocycles. The van der Waals surface area contributed by atoms with Crippen LogP contribution < -0.4 is 5.32 Å². The Labute approximate surface area is 102 Å². The molecule has 0 spiro atoms. The van der Waals surface area contributed by atoms with Gasteiger partial charge in [-0.05, 0) is 38.8 Å². The zero-order valence-electron chi connectivity index (χ0n) is 10.2. The zero-order chi connectivity index (χ0) is 11.4. The van der Waals surface area contributed by atoms with Crippen LogP contribution >= 0.6 is 11.8 Å². The molecule has 2 rings (SSSR count). The highest BCUT2D eigenvalue weighted by atomic mass is 32.2. The fourth-order valence-electron chi connectivity index (χ4n) is 2.29. The molecule has 16 heavy (non-hydrogen) atoms. The van der Waals surface area contributed by atoms with E-state index in [4.69, 9.17) is 4.42 Å². The first-order valence-corrected chi connectivity index (χ1v) is 7.13.